The number of benzene rings is 1. The number of amides is 1. The largest absolute Gasteiger partial charge is 0.444 e. The summed E-state index contributed by atoms with van der Waals surface area (Å²) in [4.78, 5) is 25.7. The molecule has 1 aliphatic rings. The number of nitrogens with zero attached hydrogens (tertiary/aromatic N) is 1. The first kappa shape index (κ1) is 18.5. The van der Waals surface area contributed by atoms with Crippen molar-refractivity contribution in [1.82, 2.24) is 4.90 Å². The van der Waals surface area contributed by atoms with Crippen LogP contribution >= 0.6 is 0 Å². The standard InChI is InChI=1S/C19H27NO4/c1-18(2,3)24-17(22)20-12-7-10-19(20,15-21)11-13-23-14-16-8-5-4-6-9-16/h4-6,8-9,15H,7,10-14H2,1-3H3. The summed E-state index contributed by atoms with van der Waals surface area (Å²) in [6.07, 6.45) is 2.41. The van der Waals surface area contributed by atoms with Gasteiger partial charge in [-0.3, -0.25) is 4.90 Å². The molecular weight excluding hydrogens is 306 g/mol. The van der Waals surface area contributed by atoms with Crippen LogP contribution in [0.4, 0.5) is 4.79 Å². The fourth-order valence-corrected chi connectivity index (χ4v) is 2.95. The van der Waals surface area contributed by atoms with Gasteiger partial charge in [-0.2, -0.15) is 0 Å². The van der Waals surface area contributed by atoms with Gasteiger partial charge in [0.05, 0.1) is 6.61 Å². The zero-order valence-corrected chi connectivity index (χ0v) is 14.8. The first-order valence-corrected chi connectivity index (χ1v) is 8.45. The van der Waals surface area contributed by atoms with Gasteiger partial charge >= 0.3 is 6.09 Å². The molecule has 132 valence electrons. The molecule has 0 N–H and O–H groups in total. The van der Waals surface area contributed by atoms with Crippen LogP contribution in [0.3, 0.4) is 0 Å². The maximum absolute atomic E-state index is 12.4. The van der Waals surface area contributed by atoms with E-state index >= 15 is 0 Å². The molecule has 1 aromatic carbocycles. The van der Waals surface area contributed by atoms with Gasteiger partial charge < -0.3 is 14.3 Å². The summed E-state index contributed by atoms with van der Waals surface area (Å²) in [5, 5.41) is 0. The quantitative estimate of drug-likeness (QED) is 0.590. The Morgan fingerprint density at radius 3 is 2.62 bits per heavy atom. The van der Waals surface area contributed by atoms with Gasteiger partial charge in [0.1, 0.15) is 17.4 Å². The van der Waals surface area contributed by atoms with Gasteiger partial charge in [-0.15, -0.1) is 0 Å². The molecule has 5 nitrogen and oxygen atoms in total. The van der Waals surface area contributed by atoms with Crippen molar-refractivity contribution in [3.05, 3.63) is 35.9 Å². The molecule has 24 heavy (non-hydrogen) atoms. The fraction of sp³-hybridized carbons (Fsp3) is 0.579. The lowest BCUT2D eigenvalue weighted by atomic mass is 9.94. The SMILES string of the molecule is CC(C)(C)OC(=O)N1CCCC1(C=O)CCOCc1ccccc1. The van der Waals surface area contributed by atoms with E-state index < -0.39 is 17.2 Å². The Bertz CT molecular complexity index is 552. The van der Waals surface area contributed by atoms with Crippen LogP contribution < -0.4 is 0 Å². The number of likely N-dealkylation sites (tertiary alicyclic amines) is 1. The Balaban J connectivity index is 1.91. The van der Waals surface area contributed by atoms with Crippen molar-refractivity contribution in [1.29, 1.82) is 0 Å². The number of carbonyl (C=O) groups is 2. The molecule has 0 spiro atoms. The van der Waals surface area contributed by atoms with E-state index in [4.69, 9.17) is 9.47 Å². The summed E-state index contributed by atoms with van der Waals surface area (Å²) in [5.41, 5.74) is -0.287. The second-order valence-corrected chi connectivity index (χ2v) is 7.25. The minimum Gasteiger partial charge on any atom is -0.444 e. The van der Waals surface area contributed by atoms with Crippen molar-refractivity contribution >= 4 is 12.4 Å². The minimum atomic E-state index is -0.807. The summed E-state index contributed by atoms with van der Waals surface area (Å²) < 4.78 is 11.1. The van der Waals surface area contributed by atoms with Crippen LogP contribution in [0, 0.1) is 0 Å². The molecule has 1 aromatic rings. The van der Waals surface area contributed by atoms with Gasteiger partial charge in [-0.25, -0.2) is 4.79 Å². The lowest BCUT2D eigenvalue weighted by molar-refractivity contribution is -0.118. The number of hydrogen-bond acceptors (Lipinski definition) is 4. The lowest BCUT2D eigenvalue weighted by Gasteiger charge is -2.35. The number of hydrogen-bond donors (Lipinski definition) is 0. The van der Waals surface area contributed by atoms with E-state index in [2.05, 4.69) is 0 Å². The summed E-state index contributed by atoms with van der Waals surface area (Å²) in [5.74, 6) is 0. The summed E-state index contributed by atoms with van der Waals surface area (Å²) in [7, 11) is 0. The van der Waals surface area contributed by atoms with E-state index in [0.29, 0.717) is 32.6 Å². The van der Waals surface area contributed by atoms with Gasteiger partial charge in [0.2, 0.25) is 0 Å². The summed E-state index contributed by atoms with van der Waals surface area (Å²) in [6.45, 7) is 6.95. The van der Waals surface area contributed by atoms with E-state index in [9.17, 15) is 9.59 Å². The molecule has 0 bridgehead atoms. The Hall–Kier alpha value is -1.88. The van der Waals surface area contributed by atoms with E-state index in [1.807, 2.05) is 51.1 Å². The summed E-state index contributed by atoms with van der Waals surface area (Å²) in [6, 6.07) is 9.89. The predicted octanol–water partition coefficient (Wildman–Crippen LogP) is 3.56. The number of rotatable bonds is 6. The molecule has 1 saturated heterocycles. The molecule has 1 atom stereocenters. The molecule has 2 rings (SSSR count). The smallest absolute Gasteiger partial charge is 0.411 e. The first-order chi connectivity index (χ1) is 11.4. The first-order valence-electron chi connectivity index (χ1n) is 8.45. The maximum Gasteiger partial charge on any atom is 0.411 e. The Morgan fingerprint density at radius 1 is 1.29 bits per heavy atom. The predicted molar refractivity (Wildman–Crippen MR) is 91.7 cm³/mol. The third-order valence-electron chi connectivity index (χ3n) is 4.15. The van der Waals surface area contributed by atoms with E-state index in [1.54, 1.807) is 4.90 Å². The molecule has 5 heteroatoms. The molecule has 0 aromatic heterocycles. The average Bonchev–Trinajstić information content (AvgIpc) is 2.95. The van der Waals surface area contributed by atoms with Crippen molar-refractivity contribution < 1.29 is 19.1 Å². The van der Waals surface area contributed by atoms with Crippen molar-refractivity contribution in [2.24, 2.45) is 0 Å². The molecule has 0 saturated carbocycles. The monoisotopic (exact) mass is 333 g/mol. The third-order valence-corrected chi connectivity index (χ3v) is 4.15. The highest BCUT2D eigenvalue weighted by Crippen LogP contribution is 2.32. The van der Waals surface area contributed by atoms with Crippen molar-refractivity contribution in [2.75, 3.05) is 13.2 Å². The van der Waals surface area contributed by atoms with Crippen LogP contribution in [0.5, 0.6) is 0 Å². The van der Waals surface area contributed by atoms with E-state index in [-0.39, 0.29) is 0 Å². The van der Waals surface area contributed by atoms with Crippen LogP contribution in [-0.2, 0) is 20.9 Å². The van der Waals surface area contributed by atoms with E-state index in [0.717, 1.165) is 18.3 Å². The number of aldehydes is 1. The molecule has 1 heterocycles. The van der Waals surface area contributed by atoms with Crippen molar-refractivity contribution in [3.63, 3.8) is 0 Å². The molecule has 1 unspecified atom stereocenters. The van der Waals surface area contributed by atoms with Crippen LogP contribution in [0.25, 0.3) is 0 Å². The highest BCUT2D eigenvalue weighted by atomic mass is 16.6. The maximum atomic E-state index is 12.4. The molecule has 1 amide bonds. The number of carbonyl (C=O) groups excluding carboxylic acids is 2. The lowest BCUT2D eigenvalue weighted by Crippen LogP contribution is -2.51. The highest BCUT2D eigenvalue weighted by molar-refractivity contribution is 5.77. The highest BCUT2D eigenvalue weighted by Gasteiger charge is 2.45. The minimum absolute atomic E-state index is 0.421. The zero-order valence-electron chi connectivity index (χ0n) is 14.8. The Kier molecular flexibility index (Phi) is 5.99. The van der Waals surface area contributed by atoms with Gasteiger partial charge in [0.15, 0.2) is 0 Å². The average molecular weight is 333 g/mol. The Labute approximate surface area is 143 Å². The second kappa shape index (κ2) is 7.79. The van der Waals surface area contributed by atoms with Crippen molar-refractivity contribution in [3.8, 4) is 0 Å². The van der Waals surface area contributed by atoms with Gasteiger partial charge in [0, 0.05) is 19.6 Å². The topological polar surface area (TPSA) is 55.8 Å². The van der Waals surface area contributed by atoms with Crippen LogP contribution in [0.2, 0.25) is 0 Å². The normalized spacial score (nSPS) is 20.9. The molecule has 1 aliphatic heterocycles. The molecule has 1 fully saturated rings. The number of ether oxygens (including phenoxy) is 2. The van der Waals surface area contributed by atoms with Crippen LogP contribution in [0.1, 0.15) is 45.6 Å². The summed E-state index contributed by atoms with van der Waals surface area (Å²) >= 11 is 0. The van der Waals surface area contributed by atoms with Gasteiger partial charge in [-0.1, -0.05) is 30.3 Å². The molecular formula is C19H27NO4. The Morgan fingerprint density at radius 2 is 2.00 bits per heavy atom. The third kappa shape index (κ3) is 4.81. The zero-order chi connectivity index (χ0) is 17.6. The molecule has 0 radical (unpaired) electrons. The van der Waals surface area contributed by atoms with E-state index in [1.165, 1.54) is 0 Å². The van der Waals surface area contributed by atoms with Crippen molar-refractivity contribution in [2.45, 2.75) is 57.8 Å². The second-order valence-electron chi connectivity index (χ2n) is 7.25. The van der Waals surface area contributed by atoms with Crippen LogP contribution in [-0.4, -0.2) is 41.6 Å². The van der Waals surface area contributed by atoms with Gasteiger partial charge in [-0.05, 0) is 39.2 Å². The molecule has 0 aliphatic carbocycles. The van der Waals surface area contributed by atoms with Gasteiger partial charge in [0.25, 0.3) is 0 Å². The van der Waals surface area contributed by atoms with Crippen LogP contribution in [0.15, 0.2) is 30.3 Å². The fourth-order valence-electron chi connectivity index (χ4n) is 2.95.